The van der Waals surface area contributed by atoms with E-state index in [1.54, 1.807) is 6.07 Å². The Morgan fingerprint density at radius 1 is 1.29 bits per heavy atom. The van der Waals surface area contributed by atoms with Gasteiger partial charge in [-0.05, 0) is 43.0 Å². The van der Waals surface area contributed by atoms with Crippen LogP contribution in [-0.2, 0) is 6.42 Å². The molecule has 0 spiro atoms. The minimum atomic E-state index is -0.0782. The molecular formula is C12H14FN. The summed E-state index contributed by atoms with van der Waals surface area (Å²) in [7, 11) is 0. The number of rotatable bonds is 2. The van der Waals surface area contributed by atoms with E-state index in [1.807, 2.05) is 6.07 Å². The van der Waals surface area contributed by atoms with E-state index in [0.29, 0.717) is 6.54 Å². The van der Waals surface area contributed by atoms with Crippen molar-refractivity contribution in [3.63, 3.8) is 0 Å². The van der Waals surface area contributed by atoms with Crippen molar-refractivity contribution in [2.45, 2.75) is 19.3 Å². The van der Waals surface area contributed by atoms with Crippen LogP contribution in [0.3, 0.4) is 0 Å². The van der Waals surface area contributed by atoms with Gasteiger partial charge in [0.05, 0.1) is 0 Å². The molecule has 1 aliphatic carbocycles. The molecule has 1 nitrogen and oxygen atoms in total. The van der Waals surface area contributed by atoms with E-state index in [2.05, 4.69) is 6.08 Å². The van der Waals surface area contributed by atoms with Gasteiger partial charge in [0.2, 0.25) is 0 Å². The summed E-state index contributed by atoms with van der Waals surface area (Å²) < 4.78 is 13.3. The van der Waals surface area contributed by atoms with Gasteiger partial charge in [-0.2, -0.15) is 0 Å². The minimum Gasteiger partial charge on any atom is -0.330 e. The summed E-state index contributed by atoms with van der Waals surface area (Å²) >= 11 is 0. The number of halogens is 1. The molecule has 1 aromatic rings. The lowest BCUT2D eigenvalue weighted by Gasteiger charge is -2.16. The third kappa shape index (κ3) is 1.70. The second kappa shape index (κ2) is 3.93. The summed E-state index contributed by atoms with van der Waals surface area (Å²) in [5.41, 5.74) is 8.72. The SMILES string of the molecule is NCCC1=Cc2cccc(F)c2CC1. The molecule has 0 saturated carbocycles. The normalized spacial score (nSPS) is 14.9. The van der Waals surface area contributed by atoms with Gasteiger partial charge in [0.15, 0.2) is 0 Å². The van der Waals surface area contributed by atoms with Gasteiger partial charge in [0, 0.05) is 0 Å². The third-order valence-electron chi connectivity index (χ3n) is 2.68. The van der Waals surface area contributed by atoms with Crippen LogP contribution in [0.4, 0.5) is 4.39 Å². The first-order chi connectivity index (χ1) is 6.81. The lowest BCUT2D eigenvalue weighted by molar-refractivity contribution is 0.605. The summed E-state index contributed by atoms with van der Waals surface area (Å²) in [4.78, 5) is 0. The molecule has 0 unspecified atom stereocenters. The second-order valence-electron chi connectivity index (χ2n) is 3.65. The third-order valence-corrected chi connectivity index (χ3v) is 2.68. The maximum Gasteiger partial charge on any atom is 0.127 e. The van der Waals surface area contributed by atoms with E-state index in [0.717, 1.165) is 30.4 Å². The van der Waals surface area contributed by atoms with Crippen molar-refractivity contribution in [3.8, 4) is 0 Å². The van der Waals surface area contributed by atoms with Gasteiger partial charge in [-0.1, -0.05) is 23.8 Å². The smallest absolute Gasteiger partial charge is 0.127 e. The quantitative estimate of drug-likeness (QED) is 0.763. The second-order valence-corrected chi connectivity index (χ2v) is 3.65. The number of nitrogens with two attached hydrogens (primary N) is 1. The van der Waals surface area contributed by atoms with E-state index >= 15 is 0 Å². The lowest BCUT2D eigenvalue weighted by Crippen LogP contribution is -2.06. The van der Waals surface area contributed by atoms with Crippen molar-refractivity contribution in [1.29, 1.82) is 0 Å². The predicted octanol–water partition coefficient (Wildman–Crippen LogP) is 2.50. The molecule has 0 aliphatic heterocycles. The Kier molecular flexibility index (Phi) is 2.64. The Bertz CT molecular complexity index is 369. The average molecular weight is 191 g/mol. The zero-order valence-corrected chi connectivity index (χ0v) is 8.09. The van der Waals surface area contributed by atoms with Crippen molar-refractivity contribution < 1.29 is 4.39 Å². The highest BCUT2D eigenvalue weighted by Crippen LogP contribution is 2.26. The van der Waals surface area contributed by atoms with Crippen LogP contribution < -0.4 is 5.73 Å². The summed E-state index contributed by atoms with van der Waals surface area (Å²) in [6, 6.07) is 5.25. The lowest BCUT2D eigenvalue weighted by atomic mass is 9.90. The highest BCUT2D eigenvalue weighted by atomic mass is 19.1. The first-order valence-corrected chi connectivity index (χ1v) is 4.98. The van der Waals surface area contributed by atoms with Crippen LogP contribution in [0.15, 0.2) is 23.8 Å². The molecule has 2 heteroatoms. The van der Waals surface area contributed by atoms with Gasteiger partial charge in [0.1, 0.15) is 5.82 Å². The molecule has 0 heterocycles. The zero-order chi connectivity index (χ0) is 9.97. The molecule has 14 heavy (non-hydrogen) atoms. The van der Waals surface area contributed by atoms with Crippen LogP contribution in [-0.4, -0.2) is 6.54 Å². The van der Waals surface area contributed by atoms with E-state index in [1.165, 1.54) is 11.6 Å². The fourth-order valence-corrected chi connectivity index (χ4v) is 1.93. The van der Waals surface area contributed by atoms with Crippen LogP contribution in [0.2, 0.25) is 0 Å². The van der Waals surface area contributed by atoms with Gasteiger partial charge in [-0.25, -0.2) is 4.39 Å². The summed E-state index contributed by atoms with van der Waals surface area (Å²) in [5, 5.41) is 0. The van der Waals surface area contributed by atoms with E-state index in [-0.39, 0.29) is 5.82 Å². The minimum absolute atomic E-state index is 0.0782. The van der Waals surface area contributed by atoms with Crippen LogP contribution in [0, 0.1) is 5.82 Å². The Hall–Kier alpha value is -1.15. The first-order valence-electron chi connectivity index (χ1n) is 4.98. The predicted molar refractivity (Wildman–Crippen MR) is 56.4 cm³/mol. The molecule has 2 rings (SSSR count). The molecule has 0 bridgehead atoms. The largest absolute Gasteiger partial charge is 0.330 e. The van der Waals surface area contributed by atoms with Crippen molar-refractivity contribution >= 4 is 6.08 Å². The molecule has 2 N–H and O–H groups in total. The zero-order valence-electron chi connectivity index (χ0n) is 8.09. The Balaban J connectivity index is 2.35. The van der Waals surface area contributed by atoms with E-state index < -0.39 is 0 Å². The maximum absolute atomic E-state index is 13.3. The summed E-state index contributed by atoms with van der Waals surface area (Å²) in [6.07, 6.45) is 4.77. The highest BCUT2D eigenvalue weighted by molar-refractivity contribution is 5.59. The van der Waals surface area contributed by atoms with Crippen molar-refractivity contribution in [2.24, 2.45) is 5.73 Å². The molecule has 0 radical (unpaired) electrons. The molecular weight excluding hydrogens is 177 g/mol. The number of hydrogen-bond acceptors (Lipinski definition) is 1. The highest BCUT2D eigenvalue weighted by Gasteiger charge is 2.12. The van der Waals surface area contributed by atoms with Gasteiger partial charge in [-0.3, -0.25) is 0 Å². The Morgan fingerprint density at radius 3 is 2.93 bits per heavy atom. The van der Waals surface area contributed by atoms with E-state index in [4.69, 9.17) is 5.73 Å². The van der Waals surface area contributed by atoms with Crippen molar-refractivity contribution in [2.75, 3.05) is 6.54 Å². The van der Waals surface area contributed by atoms with Gasteiger partial charge in [0.25, 0.3) is 0 Å². The first kappa shape index (κ1) is 9.41. The van der Waals surface area contributed by atoms with Gasteiger partial charge in [-0.15, -0.1) is 0 Å². The average Bonchev–Trinajstić information content (AvgIpc) is 2.18. The molecule has 0 saturated heterocycles. The molecule has 0 amide bonds. The number of hydrogen-bond donors (Lipinski definition) is 1. The number of fused-ring (bicyclic) bond motifs is 1. The standard InChI is InChI=1S/C12H14FN/c13-12-3-1-2-10-8-9(6-7-14)4-5-11(10)12/h1-3,8H,4-7,14H2. The van der Waals surface area contributed by atoms with Crippen LogP contribution in [0.25, 0.3) is 6.08 Å². The fraction of sp³-hybridized carbons (Fsp3) is 0.333. The van der Waals surface area contributed by atoms with Crippen LogP contribution in [0.1, 0.15) is 24.0 Å². The van der Waals surface area contributed by atoms with Gasteiger partial charge < -0.3 is 5.73 Å². The number of benzene rings is 1. The summed E-state index contributed by atoms with van der Waals surface area (Å²) in [5.74, 6) is -0.0782. The Labute approximate surface area is 83.4 Å². The fourth-order valence-electron chi connectivity index (χ4n) is 1.93. The molecule has 1 aromatic carbocycles. The Morgan fingerprint density at radius 2 is 2.14 bits per heavy atom. The van der Waals surface area contributed by atoms with Gasteiger partial charge >= 0.3 is 0 Å². The van der Waals surface area contributed by atoms with Crippen LogP contribution in [0.5, 0.6) is 0 Å². The van der Waals surface area contributed by atoms with Crippen LogP contribution >= 0.6 is 0 Å². The van der Waals surface area contributed by atoms with Crippen molar-refractivity contribution in [3.05, 3.63) is 40.7 Å². The topological polar surface area (TPSA) is 26.0 Å². The molecule has 74 valence electrons. The summed E-state index contributed by atoms with van der Waals surface area (Å²) in [6.45, 7) is 0.677. The maximum atomic E-state index is 13.3. The monoisotopic (exact) mass is 191 g/mol. The molecule has 0 aromatic heterocycles. The van der Waals surface area contributed by atoms with E-state index in [9.17, 15) is 4.39 Å². The molecule has 0 fully saturated rings. The van der Waals surface area contributed by atoms with Crippen molar-refractivity contribution in [1.82, 2.24) is 0 Å². The molecule has 1 aliphatic rings. The molecule has 0 atom stereocenters.